The summed E-state index contributed by atoms with van der Waals surface area (Å²) >= 11 is 1.84. The molecule has 0 spiro atoms. The van der Waals surface area contributed by atoms with Crippen molar-refractivity contribution in [1.29, 1.82) is 0 Å². The van der Waals surface area contributed by atoms with E-state index in [-0.39, 0.29) is 6.10 Å². The van der Waals surface area contributed by atoms with Gasteiger partial charge in [-0.05, 0) is 58.1 Å². The molecule has 0 fully saturated rings. The lowest BCUT2D eigenvalue weighted by Crippen LogP contribution is -2.05. The zero-order chi connectivity index (χ0) is 21.6. The van der Waals surface area contributed by atoms with Gasteiger partial charge >= 0.3 is 0 Å². The third-order valence-electron chi connectivity index (χ3n) is 6.28. The largest absolute Gasteiger partial charge is 0.377 e. The first-order chi connectivity index (χ1) is 14.4. The lowest BCUT2D eigenvalue weighted by Gasteiger charge is -2.15. The standard InChI is InChI=1S/C25H31N3OS/c1-8-18(9-2)21-13-14(3)27-28-23(15(4)26-25(21)28)22-17(6)30-24-19(16(5)29-7)11-10-12-20(22)24/h10-13,16,18H,8-9H2,1-7H3/t16-/m0/s1. The fourth-order valence-electron chi connectivity index (χ4n) is 4.60. The van der Waals surface area contributed by atoms with E-state index in [1.165, 1.54) is 31.7 Å². The molecule has 30 heavy (non-hydrogen) atoms. The van der Waals surface area contributed by atoms with Gasteiger partial charge in [0.05, 0.1) is 23.2 Å². The minimum Gasteiger partial charge on any atom is -0.377 e. The van der Waals surface area contributed by atoms with Crippen LogP contribution in [-0.4, -0.2) is 21.7 Å². The third kappa shape index (κ3) is 3.25. The maximum Gasteiger partial charge on any atom is 0.157 e. The monoisotopic (exact) mass is 421 g/mol. The Morgan fingerprint density at radius 3 is 2.50 bits per heavy atom. The van der Waals surface area contributed by atoms with Crippen LogP contribution in [0.1, 0.15) is 73.0 Å². The van der Waals surface area contributed by atoms with Gasteiger partial charge < -0.3 is 4.74 Å². The molecule has 0 saturated carbocycles. The number of aryl methyl sites for hydroxylation is 3. The van der Waals surface area contributed by atoms with Crippen LogP contribution in [-0.2, 0) is 4.74 Å². The third-order valence-corrected chi connectivity index (χ3v) is 7.45. The summed E-state index contributed by atoms with van der Waals surface area (Å²) in [7, 11) is 1.77. The zero-order valence-corrected chi connectivity index (χ0v) is 19.9. The van der Waals surface area contributed by atoms with E-state index >= 15 is 0 Å². The average Bonchev–Trinajstić information content (AvgIpc) is 3.23. The van der Waals surface area contributed by atoms with Crippen molar-refractivity contribution >= 4 is 27.1 Å². The number of nitrogens with zero attached hydrogens (tertiary/aromatic N) is 3. The number of hydrogen-bond acceptors (Lipinski definition) is 4. The van der Waals surface area contributed by atoms with E-state index in [9.17, 15) is 0 Å². The van der Waals surface area contributed by atoms with E-state index in [2.05, 4.69) is 70.3 Å². The molecule has 4 rings (SSSR count). The molecule has 0 bridgehead atoms. The Balaban J connectivity index is 2.05. The van der Waals surface area contributed by atoms with Crippen molar-refractivity contribution in [3.8, 4) is 11.3 Å². The normalized spacial score (nSPS) is 13.1. The molecule has 4 nitrogen and oxygen atoms in total. The van der Waals surface area contributed by atoms with Gasteiger partial charge in [0.15, 0.2) is 5.65 Å². The Bertz CT molecular complexity index is 1220. The molecule has 1 atom stereocenters. The molecule has 0 aliphatic carbocycles. The summed E-state index contributed by atoms with van der Waals surface area (Å²) < 4.78 is 9.03. The fraction of sp³-hybridized carbons (Fsp3) is 0.440. The minimum absolute atomic E-state index is 0.0599. The van der Waals surface area contributed by atoms with Crippen LogP contribution < -0.4 is 0 Å². The van der Waals surface area contributed by atoms with E-state index in [0.717, 1.165) is 35.6 Å². The molecule has 0 unspecified atom stereocenters. The number of hydrogen-bond donors (Lipinski definition) is 0. The Morgan fingerprint density at radius 1 is 1.10 bits per heavy atom. The maximum atomic E-state index is 5.64. The highest BCUT2D eigenvalue weighted by Gasteiger charge is 2.24. The van der Waals surface area contributed by atoms with Crippen molar-refractivity contribution in [1.82, 2.24) is 14.6 Å². The van der Waals surface area contributed by atoms with E-state index in [1.807, 2.05) is 11.3 Å². The number of rotatable bonds is 6. The lowest BCUT2D eigenvalue weighted by atomic mass is 9.95. The van der Waals surface area contributed by atoms with Crippen LogP contribution in [0.3, 0.4) is 0 Å². The van der Waals surface area contributed by atoms with Gasteiger partial charge in [0.2, 0.25) is 0 Å². The number of ether oxygens (including phenoxy) is 1. The van der Waals surface area contributed by atoms with Gasteiger partial charge in [0, 0.05) is 33.2 Å². The highest BCUT2D eigenvalue weighted by Crippen LogP contribution is 2.43. The Kier molecular flexibility index (Phi) is 5.69. The SMILES string of the molecule is CCC(CC)c1cc(C)nn2c(-c3c(C)sc4c([C@H](C)OC)cccc34)c(C)nc12. The minimum atomic E-state index is 0.0599. The van der Waals surface area contributed by atoms with Crippen LogP contribution in [0.25, 0.3) is 27.0 Å². The van der Waals surface area contributed by atoms with Crippen molar-refractivity contribution in [2.45, 2.75) is 66.4 Å². The molecule has 0 radical (unpaired) electrons. The van der Waals surface area contributed by atoms with Crippen LogP contribution in [0, 0.1) is 20.8 Å². The summed E-state index contributed by atoms with van der Waals surface area (Å²) in [6.07, 6.45) is 2.27. The smallest absolute Gasteiger partial charge is 0.157 e. The fourth-order valence-corrected chi connectivity index (χ4v) is 5.84. The highest BCUT2D eigenvalue weighted by molar-refractivity contribution is 7.19. The first kappa shape index (κ1) is 21.0. The molecular weight excluding hydrogens is 390 g/mol. The lowest BCUT2D eigenvalue weighted by molar-refractivity contribution is 0.121. The molecule has 3 aromatic heterocycles. The summed E-state index contributed by atoms with van der Waals surface area (Å²) in [4.78, 5) is 6.32. The van der Waals surface area contributed by atoms with Crippen LogP contribution in [0.4, 0.5) is 0 Å². The first-order valence-corrected chi connectivity index (χ1v) is 11.6. The van der Waals surface area contributed by atoms with Gasteiger partial charge in [-0.15, -0.1) is 11.3 Å². The number of thiophene rings is 1. The summed E-state index contributed by atoms with van der Waals surface area (Å²) in [5, 5.41) is 6.18. The van der Waals surface area contributed by atoms with Crippen molar-refractivity contribution in [3.05, 3.63) is 51.7 Å². The summed E-state index contributed by atoms with van der Waals surface area (Å²) in [5.74, 6) is 0.498. The number of methoxy groups -OCH3 is 1. The predicted octanol–water partition coefficient (Wildman–Crippen LogP) is 7.15. The van der Waals surface area contributed by atoms with Gasteiger partial charge in [0.1, 0.15) is 0 Å². The van der Waals surface area contributed by atoms with E-state index in [0.29, 0.717) is 5.92 Å². The zero-order valence-electron chi connectivity index (χ0n) is 19.0. The summed E-state index contributed by atoms with van der Waals surface area (Å²) in [6.45, 7) is 13.0. The van der Waals surface area contributed by atoms with Crippen molar-refractivity contribution in [2.75, 3.05) is 7.11 Å². The van der Waals surface area contributed by atoms with Crippen molar-refractivity contribution < 1.29 is 4.74 Å². The van der Waals surface area contributed by atoms with Crippen LogP contribution in [0.2, 0.25) is 0 Å². The second-order valence-electron chi connectivity index (χ2n) is 8.17. The molecule has 1 aromatic carbocycles. The number of benzene rings is 1. The molecule has 0 saturated heterocycles. The Hall–Kier alpha value is -2.24. The molecule has 0 N–H and O–H groups in total. The summed E-state index contributed by atoms with van der Waals surface area (Å²) in [5.41, 5.74) is 7.99. The molecule has 5 heteroatoms. The Morgan fingerprint density at radius 2 is 1.83 bits per heavy atom. The van der Waals surface area contributed by atoms with Crippen LogP contribution in [0.15, 0.2) is 24.3 Å². The van der Waals surface area contributed by atoms with Gasteiger partial charge in [-0.2, -0.15) is 5.10 Å². The van der Waals surface area contributed by atoms with Crippen molar-refractivity contribution in [3.63, 3.8) is 0 Å². The molecule has 3 heterocycles. The van der Waals surface area contributed by atoms with Crippen molar-refractivity contribution in [2.24, 2.45) is 0 Å². The molecule has 0 aliphatic rings. The van der Waals surface area contributed by atoms with Gasteiger partial charge in [0.25, 0.3) is 0 Å². The van der Waals surface area contributed by atoms with Gasteiger partial charge in [-0.1, -0.05) is 32.0 Å². The van der Waals surface area contributed by atoms with Crippen LogP contribution >= 0.6 is 11.3 Å². The van der Waals surface area contributed by atoms with Gasteiger partial charge in [-0.3, -0.25) is 0 Å². The topological polar surface area (TPSA) is 39.4 Å². The highest BCUT2D eigenvalue weighted by atomic mass is 32.1. The molecule has 0 amide bonds. The molecular formula is C25H31N3OS. The number of aromatic nitrogens is 3. The first-order valence-electron chi connectivity index (χ1n) is 10.8. The predicted molar refractivity (Wildman–Crippen MR) is 127 cm³/mol. The molecule has 158 valence electrons. The molecule has 0 aliphatic heterocycles. The second kappa shape index (κ2) is 8.12. The van der Waals surface area contributed by atoms with E-state index < -0.39 is 0 Å². The number of imidazole rings is 1. The van der Waals surface area contributed by atoms with Gasteiger partial charge in [-0.25, -0.2) is 9.50 Å². The van der Waals surface area contributed by atoms with Crippen LogP contribution in [0.5, 0.6) is 0 Å². The maximum absolute atomic E-state index is 5.64. The Labute approximate surface area is 182 Å². The van der Waals surface area contributed by atoms with E-state index in [4.69, 9.17) is 14.8 Å². The van der Waals surface area contributed by atoms with E-state index in [1.54, 1.807) is 7.11 Å². The quantitative estimate of drug-likeness (QED) is 0.332. The second-order valence-corrected chi connectivity index (χ2v) is 9.40. The number of fused-ring (bicyclic) bond motifs is 2. The average molecular weight is 422 g/mol. The molecule has 4 aromatic rings. The summed E-state index contributed by atoms with van der Waals surface area (Å²) in [6, 6.07) is 8.75.